The number of thiazole rings is 1. The van der Waals surface area contributed by atoms with E-state index in [1.165, 1.54) is 18.4 Å². The summed E-state index contributed by atoms with van der Waals surface area (Å²) in [5, 5.41) is 0.631. The number of methoxy groups -OCH3 is 2. The highest BCUT2D eigenvalue weighted by Gasteiger charge is 2.25. The van der Waals surface area contributed by atoms with Gasteiger partial charge < -0.3 is 9.47 Å². The number of carbonyl (C=O) groups is 1. The number of benzene rings is 2. The van der Waals surface area contributed by atoms with E-state index >= 15 is 0 Å². The van der Waals surface area contributed by atoms with E-state index in [1.807, 2.05) is 37.3 Å². The molecular weight excluding hydrogens is 398 g/mol. The summed E-state index contributed by atoms with van der Waals surface area (Å²) in [6.45, 7) is 2.37. The Labute approximate surface area is 178 Å². The minimum Gasteiger partial charge on any atom is -0.497 e. The molecule has 6 nitrogen and oxygen atoms in total. The van der Waals surface area contributed by atoms with Gasteiger partial charge in [0.05, 0.1) is 36.5 Å². The minimum absolute atomic E-state index is 0.199. The van der Waals surface area contributed by atoms with Crippen molar-refractivity contribution in [1.82, 2.24) is 9.97 Å². The highest BCUT2D eigenvalue weighted by molar-refractivity contribution is 7.22. The minimum atomic E-state index is -0.199. The molecule has 0 spiro atoms. The standard InChI is InChI=1S/C23H21N3O3S/c1-15-6-4-8-20-21(15)25-23(30-20)26(14-16-7-5-11-24-13-16)22(27)18-10-9-17(28-2)12-19(18)29-3/h4-13H,14H2,1-3H3. The number of hydrogen-bond donors (Lipinski definition) is 0. The van der Waals surface area contributed by atoms with Crippen molar-refractivity contribution in [3.8, 4) is 11.5 Å². The van der Waals surface area contributed by atoms with Crippen LogP contribution in [0.3, 0.4) is 0 Å². The Morgan fingerprint density at radius 3 is 2.67 bits per heavy atom. The first-order chi connectivity index (χ1) is 14.6. The molecule has 0 radical (unpaired) electrons. The van der Waals surface area contributed by atoms with E-state index in [2.05, 4.69) is 4.98 Å². The van der Waals surface area contributed by atoms with E-state index in [0.29, 0.717) is 28.7 Å². The van der Waals surface area contributed by atoms with Crippen molar-refractivity contribution in [2.24, 2.45) is 0 Å². The van der Waals surface area contributed by atoms with Crippen molar-refractivity contribution in [2.45, 2.75) is 13.5 Å². The summed E-state index contributed by atoms with van der Waals surface area (Å²) in [5.74, 6) is 0.876. The molecule has 152 valence electrons. The third-order valence-electron chi connectivity index (χ3n) is 4.79. The number of para-hydroxylation sites is 1. The molecule has 0 aliphatic rings. The molecule has 0 fully saturated rings. The van der Waals surface area contributed by atoms with Gasteiger partial charge in [0, 0.05) is 18.5 Å². The van der Waals surface area contributed by atoms with Crippen LogP contribution >= 0.6 is 11.3 Å². The van der Waals surface area contributed by atoms with Crippen molar-refractivity contribution in [3.63, 3.8) is 0 Å². The Bertz CT molecular complexity index is 1190. The summed E-state index contributed by atoms with van der Waals surface area (Å²) in [7, 11) is 3.12. The molecule has 2 aromatic carbocycles. The number of amides is 1. The van der Waals surface area contributed by atoms with Crippen molar-refractivity contribution >= 4 is 32.6 Å². The molecule has 1 amide bonds. The normalized spacial score (nSPS) is 10.8. The van der Waals surface area contributed by atoms with Gasteiger partial charge in [-0.15, -0.1) is 0 Å². The van der Waals surface area contributed by atoms with Gasteiger partial charge in [0.15, 0.2) is 5.13 Å². The quantitative estimate of drug-likeness (QED) is 0.446. The topological polar surface area (TPSA) is 64.5 Å². The van der Waals surface area contributed by atoms with Gasteiger partial charge in [-0.25, -0.2) is 4.98 Å². The molecule has 0 aliphatic carbocycles. The molecule has 2 aromatic heterocycles. The average molecular weight is 420 g/mol. The molecule has 0 bridgehead atoms. The van der Waals surface area contributed by atoms with E-state index in [9.17, 15) is 4.79 Å². The first-order valence-corrected chi connectivity index (χ1v) is 10.2. The summed E-state index contributed by atoms with van der Waals surface area (Å²) in [4.78, 5) is 24.3. The van der Waals surface area contributed by atoms with Gasteiger partial charge in [0.25, 0.3) is 5.91 Å². The van der Waals surface area contributed by atoms with Gasteiger partial charge in [-0.05, 0) is 42.3 Å². The van der Waals surface area contributed by atoms with Crippen LogP contribution in [0, 0.1) is 6.92 Å². The molecule has 0 N–H and O–H groups in total. The van der Waals surface area contributed by atoms with Crippen LogP contribution in [0.5, 0.6) is 11.5 Å². The molecule has 0 aliphatic heterocycles. The zero-order chi connectivity index (χ0) is 21.1. The second-order valence-electron chi connectivity index (χ2n) is 6.74. The number of nitrogens with zero attached hydrogens (tertiary/aromatic N) is 3. The van der Waals surface area contributed by atoms with E-state index in [1.54, 1.807) is 42.6 Å². The fourth-order valence-corrected chi connectivity index (χ4v) is 4.25. The Morgan fingerprint density at radius 1 is 1.10 bits per heavy atom. The highest BCUT2D eigenvalue weighted by Crippen LogP contribution is 2.34. The Hall–Kier alpha value is -3.45. The van der Waals surface area contributed by atoms with E-state index < -0.39 is 0 Å². The van der Waals surface area contributed by atoms with E-state index in [4.69, 9.17) is 14.5 Å². The molecule has 0 saturated heterocycles. The van der Waals surface area contributed by atoms with Crippen LogP contribution < -0.4 is 14.4 Å². The monoisotopic (exact) mass is 419 g/mol. The molecule has 30 heavy (non-hydrogen) atoms. The number of ether oxygens (including phenoxy) is 2. The van der Waals surface area contributed by atoms with Crippen LogP contribution in [0.2, 0.25) is 0 Å². The Morgan fingerprint density at radius 2 is 1.97 bits per heavy atom. The fraction of sp³-hybridized carbons (Fsp3) is 0.174. The van der Waals surface area contributed by atoms with Gasteiger partial charge in [-0.3, -0.25) is 14.7 Å². The van der Waals surface area contributed by atoms with Gasteiger partial charge in [0.2, 0.25) is 0 Å². The molecule has 0 saturated carbocycles. The van der Waals surface area contributed by atoms with Crippen LogP contribution in [0.1, 0.15) is 21.5 Å². The van der Waals surface area contributed by atoms with E-state index in [-0.39, 0.29) is 5.91 Å². The number of pyridine rings is 1. The van der Waals surface area contributed by atoms with Crippen molar-refractivity contribution in [2.75, 3.05) is 19.1 Å². The second-order valence-corrected chi connectivity index (χ2v) is 7.75. The second kappa shape index (κ2) is 8.51. The first-order valence-electron chi connectivity index (χ1n) is 9.39. The lowest BCUT2D eigenvalue weighted by atomic mass is 10.1. The highest BCUT2D eigenvalue weighted by atomic mass is 32.1. The average Bonchev–Trinajstić information content (AvgIpc) is 3.22. The number of aryl methyl sites for hydroxylation is 1. The molecule has 0 unspecified atom stereocenters. The zero-order valence-electron chi connectivity index (χ0n) is 17.0. The van der Waals surface area contributed by atoms with Crippen LogP contribution in [-0.2, 0) is 6.54 Å². The number of carbonyl (C=O) groups excluding carboxylic acids is 1. The summed E-state index contributed by atoms with van der Waals surface area (Å²) in [6, 6.07) is 15.0. The van der Waals surface area contributed by atoms with Crippen molar-refractivity contribution in [3.05, 3.63) is 77.6 Å². The Kier molecular flexibility index (Phi) is 5.63. The van der Waals surface area contributed by atoms with Gasteiger partial charge >= 0.3 is 0 Å². The maximum atomic E-state index is 13.6. The maximum absolute atomic E-state index is 13.6. The predicted octanol–water partition coefficient (Wildman–Crippen LogP) is 4.86. The lowest BCUT2D eigenvalue weighted by molar-refractivity contribution is 0.0982. The first kappa shape index (κ1) is 19.8. The number of aromatic nitrogens is 2. The third kappa shape index (κ3) is 3.84. The molecule has 2 heterocycles. The van der Waals surface area contributed by atoms with Crippen molar-refractivity contribution in [1.29, 1.82) is 0 Å². The number of anilines is 1. The largest absolute Gasteiger partial charge is 0.497 e. The molecule has 4 aromatic rings. The Balaban J connectivity index is 1.80. The van der Waals surface area contributed by atoms with Gasteiger partial charge in [-0.1, -0.05) is 29.5 Å². The summed E-state index contributed by atoms with van der Waals surface area (Å²) in [5.41, 5.74) is 3.33. The van der Waals surface area contributed by atoms with Gasteiger partial charge in [-0.2, -0.15) is 0 Å². The summed E-state index contributed by atoms with van der Waals surface area (Å²) >= 11 is 1.49. The summed E-state index contributed by atoms with van der Waals surface area (Å²) < 4.78 is 11.8. The fourth-order valence-electron chi connectivity index (χ4n) is 3.21. The molecule has 0 atom stereocenters. The van der Waals surface area contributed by atoms with E-state index in [0.717, 1.165) is 21.3 Å². The lowest BCUT2D eigenvalue weighted by Crippen LogP contribution is -2.30. The van der Waals surface area contributed by atoms with Crippen LogP contribution in [0.15, 0.2) is 60.9 Å². The molecular formula is C23H21N3O3S. The van der Waals surface area contributed by atoms with Crippen LogP contribution in [-0.4, -0.2) is 30.1 Å². The summed E-state index contributed by atoms with van der Waals surface area (Å²) in [6.07, 6.45) is 3.47. The third-order valence-corrected chi connectivity index (χ3v) is 5.83. The van der Waals surface area contributed by atoms with Crippen LogP contribution in [0.4, 0.5) is 5.13 Å². The smallest absolute Gasteiger partial charge is 0.264 e. The maximum Gasteiger partial charge on any atom is 0.264 e. The van der Waals surface area contributed by atoms with Gasteiger partial charge in [0.1, 0.15) is 11.5 Å². The SMILES string of the molecule is COc1ccc(C(=O)N(Cc2cccnc2)c2nc3c(C)cccc3s2)c(OC)c1. The number of fused-ring (bicyclic) bond motifs is 1. The molecule has 4 rings (SSSR count). The predicted molar refractivity (Wildman–Crippen MR) is 119 cm³/mol. The molecule has 7 heteroatoms. The van der Waals surface area contributed by atoms with Crippen LogP contribution in [0.25, 0.3) is 10.2 Å². The lowest BCUT2D eigenvalue weighted by Gasteiger charge is -2.21. The van der Waals surface area contributed by atoms with Crippen molar-refractivity contribution < 1.29 is 14.3 Å². The number of hydrogen-bond acceptors (Lipinski definition) is 6. The zero-order valence-corrected chi connectivity index (χ0v) is 17.8. The number of rotatable bonds is 6.